The number of carbonyl (C=O) groups excluding carboxylic acids is 2. The number of hydrogen-bond acceptors (Lipinski definition) is 3. The quantitative estimate of drug-likeness (QED) is 0.669. The number of benzodiazepines with no additional fused rings is 1. The second-order valence-corrected chi connectivity index (χ2v) is 8.96. The van der Waals surface area contributed by atoms with E-state index in [1.807, 2.05) is 66.7 Å². The van der Waals surface area contributed by atoms with Crippen LogP contribution in [0, 0.1) is 0 Å². The molecule has 1 atom stereocenters. The fraction of sp³-hybridized carbons (Fsp3) is 0.222. The molecule has 0 unspecified atom stereocenters. The Bertz CT molecular complexity index is 1180. The summed E-state index contributed by atoms with van der Waals surface area (Å²) in [6, 6.07) is 24.8. The molecule has 1 aliphatic heterocycles. The van der Waals surface area contributed by atoms with Crippen molar-refractivity contribution in [1.29, 1.82) is 0 Å². The van der Waals surface area contributed by atoms with Gasteiger partial charge >= 0.3 is 0 Å². The standard InChI is InChI=1S/C27H27N3O2/c1-27(2,3)20-16-14-19(15-17-20)25(31)29-24-26(32)30(4)22-13-9-8-12-21(22)23(28-24)18-10-6-5-7-11-18/h5-17,24H,1-4H3,(H,29,31)/t24-/m1/s1. The van der Waals surface area contributed by atoms with E-state index in [0.717, 1.165) is 22.4 Å². The monoisotopic (exact) mass is 425 g/mol. The van der Waals surface area contributed by atoms with Gasteiger partial charge in [-0.15, -0.1) is 0 Å². The van der Waals surface area contributed by atoms with E-state index in [4.69, 9.17) is 4.99 Å². The van der Waals surface area contributed by atoms with Crippen molar-refractivity contribution in [3.8, 4) is 0 Å². The summed E-state index contributed by atoms with van der Waals surface area (Å²) in [6.07, 6.45) is -1.03. The van der Waals surface area contributed by atoms with Crippen molar-refractivity contribution in [2.45, 2.75) is 32.4 Å². The molecule has 32 heavy (non-hydrogen) atoms. The Morgan fingerprint density at radius 3 is 2.19 bits per heavy atom. The van der Waals surface area contributed by atoms with E-state index in [2.05, 4.69) is 26.1 Å². The van der Waals surface area contributed by atoms with Crippen LogP contribution in [0.3, 0.4) is 0 Å². The second-order valence-electron chi connectivity index (χ2n) is 8.96. The second kappa shape index (κ2) is 8.42. The highest BCUT2D eigenvalue weighted by atomic mass is 16.2. The molecule has 3 aromatic carbocycles. The van der Waals surface area contributed by atoms with Crippen molar-refractivity contribution in [2.75, 3.05) is 11.9 Å². The molecule has 0 aliphatic carbocycles. The Kier molecular flexibility index (Phi) is 5.66. The lowest BCUT2D eigenvalue weighted by atomic mass is 9.87. The molecular formula is C27H27N3O2. The van der Waals surface area contributed by atoms with Crippen LogP contribution in [0.1, 0.15) is 47.8 Å². The molecule has 0 aromatic heterocycles. The molecule has 3 aromatic rings. The fourth-order valence-electron chi connectivity index (χ4n) is 3.77. The van der Waals surface area contributed by atoms with Crippen LogP contribution < -0.4 is 10.2 Å². The van der Waals surface area contributed by atoms with Gasteiger partial charge in [0, 0.05) is 23.7 Å². The molecule has 5 heteroatoms. The topological polar surface area (TPSA) is 61.8 Å². The lowest BCUT2D eigenvalue weighted by Crippen LogP contribution is -2.46. The summed E-state index contributed by atoms with van der Waals surface area (Å²) in [5.74, 6) is -0.623. The normalized spacial score (nSPS) is 16.1. The summed E-state index contributed by atoms with van der Waals surface area (Å²) < 4.78 is 0. The maximum Gasteiger partial charge on any atom is 0.272 e. The summed E-state index contributed by atoms with van der Waals surface area (Å²) in [5, 5.41) is 2.83. The number of carbonyl (C=O) groups is 2. The number of benzene rings is 3. The van der Waals surface area contributed by atoms with Crippen molar-refractivity contribution < 1.29 is 9.59 Å². The highest BCUT2D eigenvalue weighted by molar-refractivity contribution is 6.20. The lowest BCUT2D eigenvalue weighted by Gasteiger charge is -2.21. The van der Waals surface area contributed by atoms with Crippen LogP contribution in [-0.4, -0.2) is 30.7 Å². The van der Waals surface area contributed by atoms with Crippen LogP contribution in [0.4, 0.5) is 5.69 Å². The van der Waals surface area contributed by atoms with Gasteiger partial charge in [0.05, 0.1) is 11.4 Å². The zero-order valence-corrected chi connectivity index (χ0v) is 18.8. The third-order valence-electron chi connectivity index (χ3n) is 5.67. The van der Waals surface area contributed by atoms with E-state index in [1.165, 1.54) is 0 Å². The molecule has 0 saturated heterocycles. The van der Waals surface area contributed by atoms with Gasteiger partial charge in [0.2, 0.25) is 6.17 Å². The number of aliphatic imine (C=N–C) groups is 1. The largest absolute Gasteiger partial charge is 0.322 e. The Morgan fingerprint density at radius 1 is 0.906 bits per heavy atom. The minimum atomic E-state index is -1.03. The van der Waals surface area contributed by atoms with Crippen molar-refractivity contribution in [1.82, 2.24) is 5.32 Å². The van der Waals surface area contributed by atoms with Crippen LogP contribution >= 0.6 is 0 Å². The van der Waals surface area contributed by atoms with E-state index in [0.29, 0.717) is 11.3 Å². The van der Waals surface area contributed by atoms with Crippen LogP contribution in [-0.2, 0) is 10.2 Å². The predicted octanol–water partition coefficient (Wildman–Crippen LogP) is 4.55. The van der Waals surface area contributed by atoms with E-state index >= 15 is 0 Å². The number of para-hydroxylation sites is 1. The number of amides is 2. The number of anilines is 1. The van der Waals surface area contributed by atoms with Gasteiger partial charge in [0.1, 0.15) is 0 Å². The van der Waals surface area contributed by atoms with Gasteiger partial charge in [-0.05, 0) is 29.2 Å². The van der Waals surface area contributed by atoms with Crippen molar-refractivity contribution in [3.63, 3.8) is 0 Å². The molecule has 0 spiro atoms. The van der Waals surface area contributed by atoms with Crippen molar-refractivity contribution >= 4 is 23.2 Å². The van der Waals surface area contributed by atoms with E-state index in [9.17, 15) is 9.59 Å². The maximum absolute atomic E-state index is 13.2. The number of hydrogen-bond donors (Lipinski definition) is 1. The number of likely N-dealkylation sites (N-methyl/N-ethyl adjacent to an activating group) is 1. The Hall–Kier alpha value is -3.73. The van der Waals surface area contributed by atoms with Gasteiger partial charge in [-0.3, -0.25) is 9.59 Å². The predicted molar refractivity (Wildman–Crippen MR) is 128 cm³/mol. The number of rotatable bonds is 3. The molecule has 162 valence electrons. The lowest BCUT2D eigenvalue weighted by molar-refractivity contribution is -0.119. The molecular weight excluding hydrogens is 398 g/mol. The van der Waals surface area contributed by atoms with Crippen LogP contribution in [0.2, 0.25) is 0 Å². The molecule has 0 bridgehead atoms. The van der Waals surface area contributed by atoms with Gasteiger partial charge in [0.25, 0.3) is 11.8 Å². The number of nitrogens with one attached hydrogen (secondary N) is 1. The van der Waals surface area contributed by atoms with E-state index in [-0.39, 0.29) is 17.2 Å². The van der Waals surface area contributed by atoms with Gasteiger partial charge in [-0.25, -0.2) is 4.99 Å². The summed E-state index contributed by atoms with van der Waals surface area (Å²) >= 11 is 0. The molecule has 1 aliphatic rings. The third-order valence-corrected chi connectivity index (χ3v) is 5.67. The third kappa shape index (κ3) is 4.19. The first-order chi connectivity index (χ1) is 15.3. The summed E-state index contributed by atoms with van der Waals surface area (Å²) in [7, 11) is 1.71. The molecule has 1 heterocycles. The Morgan fingerprint density at radius 2 is 1.53 bits per heavy atom. The molecule has 2 amide bonds. The zero-order chi connectivity index (χ0) is 22.9. The Balaban J connectivity index is 1.70. The highest BCUT2D eigenvalue weighted by Crippen LogP contribution is 2.27. The smallest absolute Gasteiger partial charge is 0.272 e. The Labute approximate surface area is 188 Å². The van der Waals surface area contributed by atoms with Gasteiger partial charge in [0.15, 0.2) is 0 Å². The van der Waals surface area contributed by atoms with Crippen LogP contribution in [0.15, 0.2) is 83.9 Å². The first kappa shape index (κ1) is 21.5. The highest BCUT2D eigenvalue weighted by Gasteiger charge is 2.31. The average molecular weight is 426 g/mol. The van der Waals surface area contributed by atoms with Crippen molar-refractivity contribution in [2.24, 2.45) is 4.99 Å². The van der Waals surface area contributed by atoms with Gasteiger partial charge in [-0.2, -0.15) is 0 Å². The number of fused-ring (bicyclic) bond motifs is 1. The van der Waals surface area contributed by atoms with Gasteiger partial charge in [-0.1, -0.05) is 81.4 Å². The first-order valence-electron chi connectivity index (χ1n) is 10.7. The minimum Gasteiger partial charge on any atom is -0.322 e. The molecule has 0 fully saturated rings. The SMILES string of the molecule is CN1C(=O)[C@@H](NC(=O)c2ccc(C(C)(C)C)cc2)N=C(c2ccccc2)c2ccccc21. The molecule has 0 radical (unpaired) electrons. The summed E-state index contributed by atoms with van der Waals surface area (Å²) in [5.41, 5.74) is 4.79. The zero-order valence-electron chi connectivity index (χ0n) is 18.8. The maximum atomic E-state index is 13.2. The average Bonchev–Trinajstić information content (AvgIpc) is 2.90. The van der Waals surface area contributed by atoms with Crippen LogP contribution in [0.25, 0.3) is 0 Å². The summed E-state index contributed by atoms with van der Waals surface area (Å²) in [6.45, 7) is 6.37. The van der Waals surface area contributed by atoms with Crippen LogP contribution in [0.5, 0.6) is 0 Å². The molecule has 0 saturated carbocycles. The fourth-order valence-corrected chi connectivity index (χ4v) is 3.77. The van der Waals surface area contributed by atoms with E-state index < -0.39 is 6.17 Å². The minimum absolute atomic E-state index is 0.00434. The molecule has 1 N–H and O–H groups in total. The van der Waals surface area contributed by atoms with Crippen molar-refractivity contribution in [3.05, 3.63) is 101 Å². The first-order valence-corrected chi connectivity index (χ1v) is 10.7. The summed E-state index contributed by atoms with van der Waals surface area (Å²) in [4.78, 5) is 32.5. The van der Waals surface area contributed by atoms with E-state index in [1.54, 1.807) is 24.1 Å². The number of nitrogens with zero attached hydrogens (tertiary/aromatic N) is 2. The van der Waals surface area contributed by atoms with Gasteiger partial charge < -0.3 is 10.2 Å². The molecule has 5 nitrogen and oxygen atoms in total. The molecule has 4 rings (SSSR count).